The lowest BCUT2D eigenvalue weighted by molar-refractivity contribution is -0.159. The second kappa shape index (κ2) is 8.31. The highest BCUT2D eigenvalue weighted by atomic mass is 32.1. The van der Waals surface area contributed by atoms with Gasteiger partial charge in [-0.15, -0.1) is 11.3 Å². The zero-order valence-electron chi connectivity index (χ0n) is 16.9. The molecule has 0 bridgehead atoms. The van der Waals surface area contributed by atoms with Gasteiger partial charge in [0.05, 0.1) is 10.6 Å². The summed E-state index contributed by atoms with van der Waals surface area (Å²) in [5.74, 6) is -1.08. The predicted octanol–water partition coefficient (Wildman–Crippen LogP) is 3.56. The molecule has 4 aromatic heterocycles. The first-order valence-corrected chi connectivity index (χ1v) is 10.8. The van der Waals surface area contributed by atoms with Gasteiger partial charge in [-0.25, -0.2) is 4.98 Å². The second-order valence-electron chi connectivity index (χ2n) is 7.25. The standard InChI is InChI=1S/C20H16F3N7O2S/c21-20(22,23)19-25-17(28-32-19)12-3-4-16(24-11-12)29-5-7-30(8-6-29)18(31)14-10-13(26-27-14)15-2-1-9-33-15/h1-4,9-11H,5-8H2,(H,26,27). The SMILES string of the molecule is O=C(c1cc(-c2cccs2)[nH]n1)N1CCN(c2ccc(-c3noc(C(F)(F)F)n3)cn2)CC1. The molecule has 0 atom stereocenters. The van der Waals surface area contributed by atoms with Crippen molar-refractivity contribution >= 4 is 23.1 Å². The Hall–Kier alpha value is -3.74. The smallest absolute Gasteiger partial charge is 0.353 e. The van der Waals surface area contributed by atoms with Crippen LogP contribution in [-0.4, -0.2) is 62.3 Å². The average molecular weight is 475 g/mol. The number of aromatic amines is 1. The molecule has 4 aromatic rings. The molecule has 170 valence electrons. The third-order valence-electron chi connectivity index (χ3n) is 5.15. The van der Waals surface area contributed by atoms with E-state index in [1.54, 1.807) is 34.4 Å². The number of carbonyl (C=O) groups is 1. The summed E-state index contributed by atoms with van der Waals surface area (Å²) in [6.07, 6.45) is -3.30. The number of halogens is 3. The van der Waals surface area contributed by atoms with Crippen molar-refractivity contribution in [2.24, 2.45) is 0 Å². The number of pyridine rings is 1. The van der Waals surface area contributed by atoms with E-state index >= 15 is 0 Å². The lowest BCUT2D eigenvalue weighted by Crippen LogP contribution is -2.49. The molecule has 0 aliphatic carbocycles. The Morgan fingerprint density at radius 3 is 2.61 bits per heavy atom. The third kappa shape index (κ3) is 4.31. The summed E-state index contributed by atoms with van der Waals surface area (Å²) in [5.41, 5.74) is 1.49. The van der Waals surface area contributed by atoms with Gasteiger partial charge in [-0.2, -0.15) is 23.3 Å². The van der Waals surface area contributed by atoms with Crippen LogP contribution in [0.15, 0.2) is 46.4 Å². The van der Waals surface area contributed by atoms with Crippen LogP contribution in [-0.2, 0) is 6.18 Å². The molecule has 1 N–H and O–H groups in total. The van der Waals surface area contributed by atoms with Crippen LogP contribution in [0.1, 0.15) is 16.4 Å². The van der Waals surface area contributed by atoms with E-state index in [0.717, 1.165) is 10.6 Å². The van der Waals surface area contributed by atoms with Crippen LogP contribution in [0.3, 0.4) is 0 Å². The summed E-state index contributed by atoms with van der Waals surface area (Å²) in [4.78, 5) is 25.2. The van der Waals surface area contributed by atoms with E-state index in [0.29, 0.717) is 43.3 Å². The number of amides is 1. The largest absolute Gasteiger partial charge is 0.471 e. The van der Waals surface area contributed by atoms with Crippen LogP contribution in [0, 0.1) is 0 Å². The maximum absolute atomic E-state index is 12.8. The Labute approximate surface area is 188 Å². The minimum Gasteiger partial charge on any atom is -0.353 e. The minimum atomic E-state index is -4.70. The highest BCUT2D eigenvalue weighted by Gasteiger charge is 2.38. The van der Waals surface area contributed by atoms with Crippen LogP contribution >= 0.6 is 11.3 Å². The minimum absolute atomic E-state index is 0.144. The molecule has 0 spiro atoms. The number of aromatic nitrogens is 5. The van der Waals surface area contributed by atoms with Crippen LogP contribution in [0.2, 0.25) is 0 Å². The first-order chi connectivity index (χ1) is 15.9. The summed E-state index contributed by atoms with van der Waals surface area (Å²) in [6.45, 7) is 2.09. The van der Waals surface area contributed by atoms with E-state index in [4.69, 9.17) is 0 Å². The molecule has 1 aliphatic heterocycles. The predicted molar refractivity (Wildman–Crippen MR) is 113 cm³/mol. The Bertz CT molecular complexity index is 1240. The molecule has 0 aromatic carbocycles. The average Bonchev–Trinajstić information content (AvgIpc) is 3.59. The van der Waals surface area contributed by atoms with Crippen molar-refractivity contribution in [3.63, 3.8) is 0 Å². The molecule has 1 fully saturated rings. The number of thiophene rings is 1. The molecule has 1 saturated heterocycles. The number of carbonyl (C=O) groups excluding carboxylic acids is 1. The van der Waals surface area contributed by atoms with Gasteiger partial charge in [-0.3, -0.25) is 9.89 Å². The molecular weight excluding hydrogens is 459 g/mol. The molecule has 5 rings (SSSR count). The van der Waals surface area contributed by atoms with Crippen LogP contribution in [0.25, 0.3) is 22.0 Å². The van der Waals surface area contributed by atoms with Crippen LogP contribution in [0.5, 0.6) is 0 Å². The Balaban J connectivity index is 1.20. The Kier molecular flexibility index (Phi) is 5.32. The molecule has 5 heterocycles. The molecule has 33 heavy (non-hydrogen) atoms. The Morgan fingerprint density at radius 1 is 1.15 bits per heavy atom. The third-order valence-corrected chi connectivity index (χ3v) is 6.05. The number of piperazine rings is 1. The number of anilines is 1. The fourth-order valence-corrected chi connectivity index (χ4v) is 4.14. The Morgan fingerprint density at radius 2 is 1.97 bits per heavy atom. The lowest BCUT2D eigenvalue weighted by atomic mass is 10.2. The summed E-state index contributed by atoms with van der Waals surface area (Å²) < 4.78 is 42.2. The van der Waals surface area contributed by atoms with Gasteiger partial charge in [0.15, 0.2) is 5.69 Å². The molecule has 1 amide bonds. The van der Waals surface area contributed by atoms with E-state index in [-0.39, 0.29) is 11.7 Å². The van der Waals surface area contributed by atoms with Crippen molar-refractivity contribution in [1.29, 1.82) is 0 Å². The van der Waals surface area contributed by atoms with Crippen LogP contribution in [0.4, 0.5) is 19.0 Å². The van der Waals surface area contributed by atoms with E-state index in [1.165, 1.54) is 6.20 Å². The number of alkyl halides is 3. The molecule has 13 heteroatoms. The van der Waals surface area contributed by atoms with Crippen molar-refractivity contribution in [1.82, 2.24) is 30.2 Å². The zero-order chi connectivity index (χ0) is 23.0. The van der Waals surface area contributed by atoms with Gasteiger partial charge in [0.25, 0.3) is 5.91 Å². The van der Waals surface area contributed by atoms with Gasteiger partial charge in [0, 0.05) is 37.9 Å². The molecule has 0 unspecified atom stereocenters. The highest BCUT2D eigenvalue weighted by Crippen LogP contribution is 2.29. The van der Waals surface area contributed by atoms with Crippen molar-refractivity contribution in [2.75, 3.05) is 31.1 Å². The van der Waals surface area contributed by atoms with Gasteiger partial charge in [-0.1, -0.05) is 11.2 Å². The van der Waals surface area contributed by atoms with Gasteiger partial charge < -0.3 is 14.3 Å². The summed E-state index contributed by atoms with van der Waals surface area (Å²) in [5, 5.41) is 12.4. The fourth-order valence-electron chi connectivity index (χ4n) is 3.45. The molecular formula is C20H16F3N7O2S. The molecule has 9 nitrogen and oxygen atoms in total. The van der Waals surface area contributed by atoms with Crippen molar-refractivity contribution in [3.05, 3.63) is 53.5 Å². The highest BCUT2D eigenvalue weighted by molar-refractivity contribution is 7.13. The van der Waals surface area contributed by atoms with Gasteiger partial charge in [0.2, 0.25) is 5.82 Å². The summed E-state index contributed by atoms with van der Waals surface area (Å²) in [7, 11) is 0. The van der Waals surface area contributed by atoms with Gasteiger partial charge in [-0.05, 0) is 29.6 Å². The number of H-pyrrole nitrogens is 1. The van der Waals surface area contributed by atoms with E-state index < -0.39 is 12.1 Å². The van der Waals surface area contributed by atoms with Crippen molar-refractivity contribution < 1.29 is 22.5 Å². The molecule has 0 radical (unpaired) electrons. The van der Waals surface area contributed by atoms with Crippen LogP contribution < -0.4 is 4.90 Å². The maximum atomic E-state index is 12.8. The first-order valence-electron chi connectivity index (χ1n) is 9.89. The summed E-state index contributed by atoms with van der Waals surface area (Å²) in [6, 6.07) is 8.91. The van der Waals surface area contributed by atoms with Crippen molar-refractivity contribution in [2.45, 2.75) is 6.18 Å². The van der Waals surface area contributed by atoms with E-state index in [9.17, 15) is 18.0 Å². The number of rotatable bonds is 4. The zero-order valence-corrected chi connectivity index (χ0v) is 17.7. The monoisotopic (exact) mass is 475 g/mol. The number of nitrogens with zero attached hydrogens (tertiary/aromatic N) is 6. The molecule has 1 aliphatic rings. The normalized spacial score (nSPS) is 14.6. The topological polar surface area (TPSA) is 104 Å². The second-order valence-corrected chi connectivity index (χ2v) is 8.20. The lowest BCUT2D eigenvalue weighted by Gasteiger charge is -2.35. The van der Waals surface area contributed by atoms with Gasteiger partial charge in [0.1, 0.15) is 5.82 Å². The van der Waals surface area contributed by atoms with Crippen molar-refractivity contribution in [3.8, 4) is 22.0 Å². The van der Waals surface area contributed by atoms with E-state index in [2.05, 4.69) is 29.8 Å². The van der Waals surface area contributed by atoms with E-state index in [1.807, 2.05) is 22.4 Å². The molecule has 0 saturated carbocycles. The fraction of sp³-hybridized carbons (Fsp3) is 0.250. The summed E-state index contributed by atoms with van der Waals surface area (Å²) >= 11 is 1.56. The quantitative estimate of drug-likeness (QED) is 0.481. The number of hydrogen-bond acceptors (Lipinski definition) is 8. The van der Waals surface area contributed by atoms with Gasteiger partial charge >= 0.3 is 12.1 Å². The first kappa shape index (κ1) is 21.1. The number of nitrogens with one attached hydrogen (secondary N) is 1. The maximum Gasteiger partial charge on any atom is 0.471 e. The number of hydrogen-bond donors (Lipinski definition) is 1.